The molecule has 0 bridgehead atoms. The van der Waals surface area contributed by atoms with Gasteiger partial charge in [-0.2, -0.15) is 8.42 Å². The van der Waals surface area contributed by atoms with Crippen LogP contribution in [0.4, 0.5) is 10.5 Å². The number of amides is 1. The highest BCUT2D eigenvalue weighted by Crippen LogP contribution is 2.18. The molecule has 0 aliphatic carbocycles. The van der Waals surface area contributed by atoms with Gasteiger partial charge in [0.1, 0.15) is 16.7 Å². The lowest BCUT2D eigenvalue weighted by Gasteiger charge is -2.20. The third kappa shape index (κ3) is 3.53. The Kier molecular flexibility index (Phi) is 3.84. The molecule has 9 nitrogen and oxygen atoms in total. The van der Waals surface area contributed by atoms with Crippen LogP contribution in [0.2, 0.25) is 0 Å². The molecule has 0 spiro atoms. The van der Waals surface area contributed by atoms with E-state index < -0.39 is 22.0 Å². The van der Waals surface area contributed by atoms with Gasteiger partial charge in [0, 0.05) is 18.7 Å². The highest BCUT2D eigenvalue weighted by atomic mass is 32.2. The number of rotatable bonds is 4. The van der Waals surface area contributed by atoms with Crippen molar-refractivity contribution in [1.29, 1.82) is 0 Å². The van der Waals surface area contributed by atoms with E-state index in [4.69, 9.17) is 9.92 Å². The Bertz CT molecular complexity index is 1070. The minimum Gasteiger partial charge on any atom is -0.530 e. The van der Waals surface area contributed by atoms with Gasteiger partial charge in [-0.05, 0) is 36.4 Å². The Morgan fingerprint density at radius 1 is 1.16 bits per heavy atom. The van der Waals surface area contributed by atoms with Crippen molar-refractivity contribution >= 4 is 21.9 Å². The summed E-state index contributed by atoms with van der Waals surface area (Å²) >= 11 is 0. The molecule has 1 aliphatic rings. The highest BCUT2D eigenvalue weighted by Gasteiger charge is 2.25. The van der Waals surface area contributed by atoms with E-state index in [1.807, 2.05) is 0 Å². The van der Waals surface area contributed by atoms with Gasteiger partial charge in [-0.3, -0.25) is 0 Å². The Balaban J connectivity index is 1.92. The Morgan fingerprint density at radius 3 is 2.44 bits per heavy atom. The second kappa shape index (κ2) is 5.74. The second-order valence-electron chi connectivity index (χ2n) is 5.41. The number of hydrogen-bond acceptors (Lipinski definition) is 8. The summed E-state index contributed by atoms with van der Waals surface area (Å²) in [5.74, 6) is -1.40. The van der Waals surface area contributed by atoms with Gasteiger partial charge >= 0.3 is 10.1 Å². The maximum absolute atomic E-state index is 12.3. The van der Waals surface area contributed by atoms with Crippen molar-refractivity contribution in [2.75, 3.05) is 5.73 Å². The van der Waals surface area contributed by atoms with E-state index in [1.54, 1.807) is 0 Å². The molecule has 25 heavy (non-hydrogen) atoms. The van der Waals surface area contributed by atoms with E-state index in [2.05, 4.69) is 15.3 Å². The molecule has 0 saturated carbocycles. The Morgan fingerprint density at radius 2 is 1.80 bits per heavy atom. The van der Waals surface area contributed by atoms with Crippen LogP contribution in [-0.4, -0.2) is 20.3 Å². The third-order valence-corrected chi connectivity index (χ3v) is 4.60. The summed E-state index contributed by atoms with van der Waals surface area (Å²) in [6.07, 6.45) is -1.52. The van der Waals surface area contributed by atoms with Crippen LogP contribution in [0.1, 0.15) is 6.92 Å². The lowest BCUT2D eigenvalue weighted by atomic mass is 10.3. The van der Waals surface area contributed by atoms with Crippen molar-refractivity contribution < 1.29 is 22.5 Å². The first kappa shape index (κ1) is 16.7. The monoisotopic (exact) mass is 361 g/mol. The number of fused-ring (bicyclic) bond motifs is 1. The molecule has 1 amide bonds. The number of carbonyl (C=O) groups excluding carboxylic acids is 1. The van der Waals surface area contributed by atoms with E-state index >= 15 is 0 Å². The van der Waals surface area contributed by atoms with Gasteiger partial charge < -0.3 is 25.1 Å². The van der Waals surface area contributed by atoms with Crippen LogP contribution < -0.4 is 31.1 Å². The predicted octanol–water partition coefficient (Wildman–Crippen LogP) is -1.10. The summed E-state index contributed by atoms with van der Waals surface area (Å²) in [5, 5.41) is 13.4. The van der Waals surface area contributed by atoms with Gasteiger partial charge in [0.15, 0.2) is 0 Å². The van der Waals surface area contributed by atoms with Gasteiger partial charge in [0.25, 0.3) is 0 Å². The number of carboxylic acid groups (broad SMARTS) is 1. The van der Waals surface area contributed by atoms with E-state index in [0.29, 0.717) is 16.4 Å². The average Bonchev–Trinajstić information content (AvgIpc) is 2.81. The van der Waals surface area contributed by atoms with Crippen LogP contribution in [0.3, 0.4) is 0 Å². The molecule has 3 N–H and O–H groups in total. The molecule has 3 rings (SSSR count). The first-order valence-electron chi connectivity index (χ1n) is 7.06. The summed E-state index contributed by atoms with van der Waals surface area (Å²) in [5.41, 5.74) is 5.96. The number of nitrogens with one attached hydrogen (secondary N) is 1. The largest absolute Gasteiger partial charge is 0.530 e. The van der Waals surface area contributed by atoms with Crippen LogP contribution >= 0.6 is 0 Å². The van der Waals surface area contributed by atoms with Gasteiger partial charge in [-0.1, -0.05) is 0 Å². The summed E-state index contributed by atoms with van der Waals surface area (Å²) in [6.45, 7) is 1.44. The molecule has 1 aliphatic heterocycles. The zero-order valence-corrected chi connectivity index (χ0v) is 13.8. The van der Waals surface area contributed by atoms with E-state index in [0.717, 1.165) is 0 Å². The van der Waals surface area contributed by atoms with Crippen LogP contribution in [-0.2, 0) is 10.1 Å². The fourth-order valence-electron chi connectivity index (χ4n) is 2.29. The molecule has 0 saturated heterocycles. The van der Waals surface area contributed by atoms with Gasteiger partial charge in [-0.25, -0.2) is 9.98 Å². The Hall–Kier alpha value is -3.14. The van der Waals surface area contributed by atoms with Gasteiger partial charge in [0.05, 0.1) is 10.7 Å². The van der Waals surface area contributed by atoms with Crippen molar-refractivity contribution in [3.05, 3.63) is 53.2 Å². The molecule has 1 atom stereocenters. The summed E-state index contributed by atoms with van der Waals surface area (Å²) in [7, 11) is -4.04. The molecular weight excluding hydrogens is 348 g/mol. The van der Waals surface area contributed by atoms with E-state index in [-0.39, 0.29) is 10.6 Å². The predicted molar refractivity (Wildman–Crippen MR) is 84.4 cm³/mol. The zero-order chi connectivity index (χ0) is 18.2. The number of nitrogens with zero attached hydrogens (tertiary/aromatic N) is 2. The fraction of sp³-hybridized carbons (Fsp3) is 0.133. The molecule has 0 radical (unpaired) electrons. The summed E-state index contributed by atoms with van der Waals surface area (Å²) in [4.78, 5) is 18.9. The SMILES string of the molecule is CC1(NC(=O)[O-])N=c2ccc(OS(=O)(=O)c3ccc(N)cc3)cc2=N1. The molecule has 0 fully saturated rings. The molecule has 10 heteroatoms. The van der Waals surface area contributed by atoms with Crippen molar-refractivity contribution in [1.82, 2.24) is 5.32 Å². The number of hydrogen-bond donors (Lipinski definition) is 2. The molecule has 1 heterocycles. The van der Waals surface area contributed by atoms with Crippen molar-refractivity contribution in [3.8, 4) is 5.75 Å². The van der Waals surface area contributed by atoms with Gasteiger partial charge in [0.2, 0.25) is 5.79 Å². The van der Waals surface area contributed by atoms with E-state index in [9.17, 15) is 18.3 Å². The lowest BCUT2D eigenvalue weighted by Crippen LogP contribution is -2.48. The molecule has 2 aromatic rings. The van der Waals surface area contributed by atoms with Gasteiger partial charge in [-0.15, -0.1) is 0 Å². The first-order valence-corrected chi connectivity index (χ1v) is 8.47. The van der Waals surface area contributed by atoms with Crippen molar-refractivity contribution in [2.24, 2.45) is 9.98 Å². The van der Waals surface area contributed by atoms with Crippen LogP contribution in [0.15, 0.2) is 57.3 Å². The second-order valence-corrected chi connectivity index (χ2v) is 6.96. The number of nitrogen functional groups attached to an aromatic ring is 1. The fourth-order valence-corrected chi connectivity index (χ4v) is 3.21. The Labute approximate surface area is 142 Å². The maximum Gasteiger partial charge on any atom is 0.339 e. The normalized spacial score (nSPS) is 18.6. The minimum atomic E-state index is -4.04. The minimum absolute atomic E-state index is 0.0206. The molecular formula is C15H13N4O5S-. The molecule has 0 aromatic heterocycles. The third-order valence-electron chi connectivity index (χ3n) is 3.34. The number of nitrogens with two attached hydrogens (primary N) is 1. The number of carbonyl (C=O) groups is 1. The quantitative estimate of drug-likeness (QED) is 0.522. The highest BCUT2D eigenvalue weighted by molar-refractivity contribution is 7.87. The number of benzene rings is 2. The molecule has 130 valence electrons. The van der Waals surface area contributed by atoms with Crippen LogP contribution in [0, 0.1) is 0 Å². The topological polar surface area (TPSA) is 146 Å². The van der Waals surface area contributed by atoms with Crippen molar-refractivity contribution in [3.63, 3.8) is 0 Å². The average molecular weight is 361 g/mol. The van der Waals surface area contributed by atoms with Crippen LogP contribution in [0.5, 0.6) is 5.75 Å². The molecule has 1 unspecified atom stereocenters. The molecule has 2 aromatic carbocycles. The first-order chi connectivity index (χ1) is 11.7. The standard InChI is InChI=1S/C15H14N4O5S/c1-15(19-14(20)21)17-12-7-4-10(8-13(12)18-15)24-25(22,23)11-5-2-9(16)3-6-11/h2-8,19H,16H2,1H3,(H,20,21)/p-1. The smallest absolute Gasteiger partial charge is 0.339 e. The van der Waals surface area contributed by atoms with Crippen molar-refractivity contribution in [2.45, 2.75) is 17.6 Å². The summed E-state index contributed by atoms with van der Waals surface area (Å²) < 4.78 is 29.6. The lowest BCUT2D eigenvalue weighted by molar-refractivity contribution is -0.252. The van der Waals surface area contributed by atoms with Crippen LogP contribution in [0.25, 0.3) is 0 Å². The number of anilines is 1. The maximum atomic E-state index is 12.3. The zero-order valence-electron chi connectivity index (χ0n) is 13.0. The summed E-state index contributed by atoms with van der Waals surface area (Å²) in [6, 6.07) is 9.80. The van der Waals surface area contributed by atoms with E-state index in [1.165, 1.54) is 49.4 Å².